The van der Waals surface area contributed by atoms with Crippen LogP contribution in [0.1, 0.15) is 24.8 Å². The van der Waals surface area contributed by atoms with Gasteiger partial charge in [0.2, 0.25) is 11.7 Å². The van der Waals surface area contributed by atoms with Crippen molar-refractivity contribution in [3.8, 4) is 17.2 Å². The zero-order valence-electron chi connectivity index (χ0n) is 14.4. The van der Waals surface area contributed by atoms with E-state index in [1.165, 1.54) is 6.42 Å². The van der Waals surface area contributed by atoms with Gasteiger partial charge in [0, 0.05) is 30.1 Å². The minimum absolute atomic E-state index is 0.173. The summed E-state index contributed by atoms with van der Waals surface area (Å²) in [5.41, 5.74) is 2.00. The number of H-pyrrole nitrogens is 1. The van der Waals surface area contributed by atoms with Crippen molar-refractivity contribution in [1.29, 1.82) is 0 Å². The van der Waals surface area contributed by atoms with Crippen LogP contribution in [-0.4, -0.2) is 38.8 Å². The maximum Gasteiger partial charge on any atom is 0.223 e. The number of rotatable bonds is 7. The lowest BCUT2D eigenvalue weighted by Crippen LogP contribution is -2.35. The van der Waals surface area contributed by atoms with Crippen LogP contribution in [0.15, 0.2) is 12.3 Å². The van der Waals surface area contributed by atoms with Crippen molar-refractivity contribution in [1.82, 2.24) is 10.3 Å². The highest BCUT2D eigenvalue weighted by molar-refractivity contribution is 5.94. The average Bonchev–Trinajstić information content (AvgIpc) is 2.94. The molecular formula is C18H24N2O4. The first kappa shape index (κ1) is 16.5. The lowest BCUT2D eigenvalue weighted by Gasteiger charge is -2.24. The summed E-state index contributed by atoms with van der Waals surface area (Å²) >= 11 is 0. The van der Waals surface area contributed by atoms with Crippen molar-refractivity contribution >= 4 is 16.8 Å². The summed E-state index contributed by atoms with van der Waals surface area (Å²) in [6, 6.07) is 1.90. The number of benzene rings is 1. The number of aromatic nitrogens is 1. The van der Waals surface area contributed by atoms with Gasteiger partial charge in [-0.05, 0) is 24.8 Å². The second kappa shape index (κ2) is 7.03. The Balaban J connectivity index is 1.81. The predicted molar refractivity (Wildman–Crippen MR) is 92.0 cm³/mol. The van der Waals surface area contributed by atoms with Gasteiger partial charge in [-0.15, -0.1) is 0 Å². The zero-order valence-corrected chi connectivity index (χ0v) is 14.4. The van der Waals surface area contributed by atoms with Crippen molar-refractivity contribution in [2.75, 3.05) is 27.9 Å². The molecule has 24 heavy (non-hydrogen) atoms. The maximum absolute atomic E-state index is 11.9. The molecule has 0 saturated heterocycles. The molecule has 1 aromatic heterocycles. The fourth-order valence-corrected chi connectivity index (χ4v) is 3.16. The van der Waals surface area contributed by atoms with Crippen LogP contribution in [0.25, 0.3) is 10.9 Å². The molecule has 1 aromatic carbocycles. The van der Waals surface area contributed by atoms with Gasteiger partial charge in [-0.25, -0.2) is 0 Å². The molecular weight excluding hydrogens is 308 g/mol. The molecule has 3 rings (SSSR count). The second-order valence-electron chi connectivity index (χ2n) is 6.05. The summed E-state index contributed by atoms with van der Waals surface area (Å²) in [6.07, 6.45) is 5.87. The van der Waals surface area contributed by atoms with E-state index in [1.54, 1.807) is 21.3 Å². The standard InChI is InChI=1S/C18H24N2O4/c1-22-14-9-13-15(17(24-3)16(14)23-2)12(10-20-13)7-8-19-18(21)11-5-4-6-11/h9-11,20H,4-8H2,1-3H3,(H,19,21). The van der Waals surface area contributed by atoms with Crippen LogP contribution in [0.4, 0.5) is 0 Å². The van der Waals surface area contributed by atoms with Crippen molar-refractivity contribution in [3.05, 3.63) is 17.8 Å². The molecule has 1 heterocycles. The molecule has 1 fully saturated rings. The number of ether oxygens (including phenoxy) is 3. The van der Waals surface area contributed by atoms with Crippen molar-refractivity contribution in [2.24, 2.45) is 5.92 Å². The molecule has 2 N–H and O–H groups in total. The summed E-state index contributed by atoms with van der Waals surface area (Å²) in [4.78, 5) is 15.2. The van der Waals surface area contributed by atoms with E-state index in [4.69, 9.17) is 14.2 Å². The second-order valence-corrected chi connectivity index (χ2v) is 6.05. The first-order valence-corrected chi connectivity index (χ1v) is 8.26. The van der Waals surface area contributed by atoms with Crippen molar-refractivity contribution < 1.29 is 19.0 Å². The largest absolute Gasteiger partial charge is 0.493 e. The number of amides is 1. The number of carbonyl (C=O) groups excluding carboxylic acids is 1. The Bertz CT molecular complexity index is 734. The van der Waals surface area contributed by atoms with E-state index >= 15 is 0 Å². The summed E-state index contributed by atoms with van der Waals surface area (Å²) < 4.78 is 16.4. The third-order valence-electron chi connectivity index (χ3n) is 4.72. The van der Waals surface area contributed by atoms with Crippen LogP contribution < -0.4 is 19.5 Å². The molecule has 0 atom stereocenters. The maximum atomic E-state index is 11.9. The molecule has 1 saturated carbocycles. The number of hydrogen-bond acceptors (Lipinski definition) is 4. The van der Waals surface area contributed by atoms with Crippen LogP contribution in [0.5, 0.6) is 17.2 Å². The number of fused-ring (bicyclic) bond motifs is 1. The van der Waals surface area contributed by atoms with E-state index in [1.807, 2.05) is 12.3 Å². The minimum atomic E-state index is 0.173. The van der Waals surface area contributed by atoms with Crippen LogP contribution in [-0.2, 0) is 11.2 Å². The van der Waals surface area contributed by atoms with Gasteiger partial charge in [0.15, 0.2) is 11.5 Å². The lowest BCUT2D eigenvalue weighted by molar-refractivity contribution is -0.127. The van der Waals surface area contributed by atoms with E-state index in [0.717, 1.165) is 35.7 Å². The minimum Gasteiger partial charge on any atom is -0.493 e. The highest BCUT2D eigenvalue weighted by Crippen LogP contribution is 2.44. The van der Waals surface area contributed by atoms with Gasteiger partial charge in [-0.2, -0.15) is 0 Å². The first-order chi connectivity index (χ1) is 11.7. The lowest BCUT2D eigenvalue weighted by atomic mass is 9.85. The zero-order chi connectivity index (χ0) is 17.1. The molecule has 130 valence electrons. The van der Waals surface area contributed by atoms with Gasteiger partial charge in [0.25, 0.3) is 0 Å². The Hall–Kier alpha value is -2.37. The number of carbonyl (C=O) groups is 1. The number of nitrogens with one attached hydrogen (secondary N) is 2. The fraction of sp³-hybridized carbons (Fsp3) is 0.500. The normalized spacial score (nSPS) is 14.3. The average molecular weight is 332 g/mol. The van der Waals surface area contributed by atoms with Gasteiger partial charge in [-0.3, -0.25) is 4.79 Å². The molecule has 0 spiro atoms. The van der Waals surface area contributed by atoms with E-state index in [9.17, 15) is 4.79 Å². The van der Waals surface area contributed by atoms with Crippen LogP contribution in [0.3, 0.4) is 0 Å². The Morgan fingerprint density at radius 2 is 1.96 bits per heavy atom. The van der Waals surface area contributed by atoms with Crippen molar-refractivity contribution in [3.63, 3.8) is 0 Å². The monoisotopic (exact) mass is 332 g/mol. The van der Waals surface area contributed by atoms with Crippen LogP contribution in [0.2, 0.25) is 0 Å². The van der Waals surface area contributed by atoms with Gasteiger partial charge in [-0.1, -0.05) is 6.42 Å². The molecule has 1 aliphatic rings. The van der Waals surface area contributed by atoms with Gasteiger partial charge >= 0.3 is 0 Å². The number of methoxy groups -OCH3 is 3. The first-order valence-electron chi connectivity index (χ1n) is 8.26. The molecule has 1 amide bonds. The highest BCUT2D eigenvalue weighted by Gasteiger charge is 2.25. The number of aromatic amines is 1. The Morgan fingerprint density at radius 3 is 2.54 bits per heavy atom. The van der Waals surface area contributed by atoms with Gasteiger partial charge < -0.3 is 24.5 Å². The molecule has 0 aliphatic heterocycles. The smallest absolute Gasteiger partial charge is 0.223 e. The van der Waals surface area contributed by atoms with Crippen LogP contribution >= 0.6 is 0 Å². The SMILES string of the molecule is COc1cc2[nH]cc(CCNC(=O)C3CCC3)c2c(OC)c1OC. The quantitative estimate of drug-likeness (QED) is 0.817. The predicted octanol–water partition coefficient (Wildman–Crippen LogP) is 2.65. The molecule has 0 bridgehead atoms. The van der Waals surface area contributed by atoms with Gasteiger partial charge in [0.1, 0.15) is 0 Å². The molecule has 6 heteroatoms. The van der Waals surface area contributed by atoms with E-state index in [2.05, 4.69) is 10.3 Å². The van der Waals surface area contributed by atoms with E-state index in [0.29, 0.717) is 23.8 Å². The highest BCUT2D eigenvalue weighted by atomic mass is 16.5. The van der Waals surface area contributed by atoms with E-state index in [-0.39, 0.29) is 11.8 Å². The van der Waals surface area contributed by atoms with Crippen molar-refractivity contribution in [2.45, 2.75) is 25.7 Å². The molecule has 6 nitrogen and oxygen atoms in total. The van der Waals surface area contributed by atoms with E-state index < -0.39 is 0 Å². The summed E-state index contributed by atoms with van der Waals surface area (Å²) in [7, 11) is 4.81. The summed E-state index contributed by atoms with van der Waals surface area (Å²) in [6.45, 7) is 0.611. The molecule has 0 radical (unpaired) electrons. The topological polar surface area (TPSA) is 72.6 Å². The third kappa shape index (κ3) is 2.88. The van der Waals surface area contributed by atoms with Crippen LogP contribution in [0, 0.1) is 5.92 Å². The molecule has 0 unspecified atom stereocenters. The fourth-order valence-electron chi connectivity index (χ4n) is 3.16. The summed E-state index contributed by atoms with van der Waals surface area (Å²) in [5, 5.41) is 3.99. The summed E-state index contributed by atoms with van der Waals surface area (Å²) in [5.74, 6) is 2.23. The molecule has 2 aromatic rings. The molecule has 1 aliphatic carbocycles. The van der Waals surface area contributed by atoms with Gasteiger partial charge in [0.05, 0.1) is 26.8 Å². The Morgan fingerprint density at radius 1 is 1.21 bits per heavy atom. The number of hydrogen-bond donors (Lipinski definition) is 2. The third-order valence-corrected chi connectivity index (χ3v) is 4.72. The Kier molecular flexibility index (Phi) is 4.83. The Labute approximate surface area is 141 Å².